The molecule has 0 spiro atoms. The predicted octanol–water partition coefficient (Wildman–Crippen LogP) is 2.20. The molecular formula is C16H18N4O3. The molecule has 120 valence electrons. The van der Waals surface area contributed by atoms with Crippen molar-refractivity contribution >= 4 is 17.7 Å². The Morgan fingerprint density at radius 2 is 2.00 bits per heavy atom. The number of aryl methyl sites for hydroxylation is 2. The SMILES string of the molecule is COC(=O)c1ccc(NC(=O)NCc2ccnc(C)n2)c(C)c1. The van der Waals surface area contributed by atoms with E-state index in [1.165, 1.54) is 7.11 Å². The maximum absolute atomic E-state index is 11.9. The third-order valence-electron chi connectivity index (χ3n) is 3.16. The van der Waals surface area contributed by atoms with Crippen LogP contribution >= 0.6 is 0 Å². The summed E-state index contributed by atoms with van der Waals surface area (Å²) in [5.41, 5.74) is 2.55. The fourth-order valence-electron chi connectivity index (χ4n) is 1.99. The highest BCUT2D eigenvalue weighted by Gasteiger charge is 2.09. The number of urea groups is 1. The van der Waals surface area contributed by atoms with Gasteiger partial charge in [0.25, 0.3) is 0 Å². The molecule has 0 saturated carbocycles. The van der Waals surface area contributed by atoms with Gasteiger partial charge in [-0.15, -0.1) is 0 Å². The molecule has 0 saturated heterocycles. The van der Waals surface area contributed by atoms with Gasteiger partial charge in [-0.3, -0.25) is 0 Å². The van der Waals surface area contributed by atoms with Crippen LogP contribution in [0.1, 0.15) is 27.4 Å². The van der Waals surface area contributed by atoms with Gasteiger partial charge in [-0.2, -0.15) is 0 Å². The third-order valence-corrected chi connectivity index (χ3v) is 3.16. The van der Waals surface area contributed by atoms with Gasteiger partial charge in [-0.05, 0) is 43.7 Å². The van der Waals surface area contributed by atoms with Crippen molar-refractivity contribution in [3.05, 3.63) is 53.1 Å². The highest BCUT2D eigenvalue weighted by Crippen LogP contribution is 2.17. The van der Waals surface area contributed by atoms with Crippen LogP contribution in [0.15, 0.2) is 30.5 Å². The molecule has 0 bridgehead atoms. The van der Waals surface area contributed by atoms with Gasteiger partial charge in [-0.1, -0.05) is 0 Å². The van der Waals surface area contributed by atoms with Crippen LogP contribution < -0.4 is 10.6 Å². The summed E-state index contributed by atoms with van der Waals surface area (Å²) in [7, 11) is 1.33. The van der Waals surface area contributed by atoms with Gasteiger partial charge in [0.15, 0.2) is 0 Å². The van der Waals surface area contributed by atoms with Crippen molar-refractivity contribution in [3.8, 4) is 0 Å². The molecule has 0 atom stereocenters. The molecule has 0 aliphatic carbocycles. The molecule has 23 heavy (non-hydrogen) atoms. The molecular weight excluding hydrogens is 296 g/mol. The van der Waals surface area contributed by atoms with Crippen LogP contribution in [-0.4, -0.2) is 29.1 Å². The van der Waals surface area contributed by atoms with Crippen LogP contribution in [0.25, 0.3) is 0 Å². The lowest BCUT2D eigenvalue weighted by Crippen LogP contribution is -2.29. The Labute approximate surface area is 134 Å². The zero-order chi connectivity index (χ0) is 16.8. The number of nitrogens with zero attached hydrogens (tertiary/aromatic N) is 2. The number of ether oxygens (including phenoxy) is 1. The summed E-state index contributed by atoms with van der Waals surface area (Å²) in [6.07, 6.45) is 1.65. The fraction of sp³-hybridized carbons (Fsp3) is 0.250. The van der Waals surface area contributed by atoms with Crippen molar-refractivity contribution in [3.63, 3.8) is 0 Å². The van der Waals surface area contributed by atoms with Gasteiger partial charge >= 0.3 is 12.0 Å². The van der Waals surface area contributed by atoms with Crippen LogP contribution in [0.4, 0.5) is 10.5 Å². The van der Waals surface area contributed by atoms with Crippen molar-refractivity contribution in [2.45, 2.75) is 20.4 Å². The molecule has 7 heteroatoms. The Hall–Kier alpha value is -2.96. The number of anilines is 1. The van der Waals surface area contributed by atoms with E-state index in [2.05, 4.69) is 25.3 Å². The van der Waals surface area contributed by atoms with Crippen LogP contribution in [0.2, 0.25) is 0 Å². The van der Waals surface area contributed by atoms with Gasteiger partial charge in [0.2, 0.25) is 0 Å². The fourth-order valence-corrected chi connectivity index (χ4v) is 1.99. The van der Waals surface area contributed by atoms with Crippen LogP contribution in [-0.2, 0) is 11.3 Å². The minimum Gasteiger partial charge on any atom is -0.465 e. The van der Waals surface area contributed by atoms with Gasteiger partial charge in [0, 0.05) is 11.9 Å². The standard InChI is InChI=1S/C16H18N4O3/c1-10-8-12(15(21)23-3)4-5-14(10)20-16(22)18-9-13-6-7-17-11(2)19-13/h4-8H,9H2,1-3H3,(H2,18,20,22). The predicted molar refractivity (Wildman–Crippen MR) is 85.1 cm³/mol. The monoisotopic (exact) mass is 314 g/mol. The third kappa shape index (κ3) is 4.50. The molecule has 1 heterocycles. The minimum absolute atomic E-state index is 0.300. The molecule has 0 fully saturated rings. The van der Waals surface area contributed by atoms with Gasteiger partial charge < -0.3 is 15.4 Å². The first-order valence-corrected chi connectivity index (χ1v) is 7.02. The summed E-state index contributed by atoms with van der Waals surface area (Å²) in [6, 6.07) is 6.31. The molecule has 0 aliphatic rings. The Morgan fingerprint density at radius 3 is 2.65 bits per heavy atom. The molecule has 2 aromatic rings. The number of hydrogen-bond acceptors (Lipinski definition) is 5. The van der Waals surface area contributed by atoms with Crippen molar-refractivity contribution in [2.75, 3.05) is 12.4 Å². The second-order valence-corrected chi connectivity index (χ2v) is 4.92. The lowest BCUT2D eigenvalue weighted by atomic mass is 10.1. The Bertz CT molecular complexity index is 731. The van der Waals surface area contributed by atoms with Crippen LogP contribution in [0.3, 0.4) is 0 Å². The number of benzene rings is 1. The van der Waals surface area contributed by atoms with E-state index in [0.29, 0.717) is 23.6 Å². The molecule has 1 aromatic carbocycles. The van der Waals surface area contributed by atoms with Crippen molar-refractivity contribution in [1.29, 1.82) is 0 Å². The van der Waals surface area contributed by atoms with E-state index < -0.39 is 5.97 Å². The molecule has 0 aliphatic heterocycles. The van der Waals surface area contributed by atoms with Crippen molar-refractivity contribution < 1.29 is 14.3 Å². The zero-order valence-corrected chi connectivity index (χ0v) is 13.2. The lowest BCUT2D eigenvalue weighted by Gasteiger charge is -2.11. The second kappa shape index (κ2) is 7.35. The average Bonchev–Trinajstić information content (AvgIpc) is 2.54. The topological polar surface area (TPSA) is 93.2 Å². The van der Waals surface area contributed by atoms with Gasteiger partial charge in [0.1, 0.15) is 5.82 Å². The summed E-state index contributed by atoms with van der Waals surface area (Å²) < 4.78 is 4.66. The van der Waals surface area contributed by atoms with E-state index in [0.717, 1.165) is 11.3 Å². The summed E-state index contributed by atoms with van der Waals surface area (Å²) in [5, 5.41) is 5.45. The first-order valence-electron chi connectivity index (χ1n) is 7.02. The average molecular weight is 314 g/mol. The first-order chi connectivity index (χ1) is 11.0. The molecule has 2 amide bonds. The molecule has 1 aromatic heterocycles. The van der Waals surface area contributed by atoms with E-state index in [1.807, 2.05) is 0 Å². The van der Waals surface area contributed by atoms with Gasteiger partial charge in [0.05, 0.1) is 24.9 Å². The molecule has 0 unspecified atom stereocenters. The normalized spacial score (nSPS) is 10.0. The highest BCUT2D eigenvalue weighted by atomic mass is 16.5. The zero-order valence-electron chi connectivity index (χ0n) is 13.2. The highest BCUT2D eigenvalue weighted by molar-refractivity contribution is 5.93. The number of aromatic nitrogens is 2. The minimum atomic E-state index is -0.414. The molecule has 2 rings (SSSR count). The maximum Gasteiger partial charge on any atom is 0.337 e. The summed E-state index contributed by atoms with van der Waals surface area (Å²) in [4.78, 5) is 31.6. The summed E-state index contributed by atoms with van der Waals surface area (Å²) >= 11 is 0. The number of rotatable bonds is 4. The van der Waals surface area contributed by atoms with E-state index in [4.69, 9.17) is 0 Å². The van der Waals surface area contributed by atoms with E-state index in [-0.39, 0.29) is 6.03 Å². The van der Waals surface area contributed by atoms with E-state index >= 15 is 0 Å². The van der Waals surface area contributed by atoms with Gasteiger partial charge in [-0.25, -0.2) is 19.6 Å². The largest absolute Gasteiger partial charge is 0.465 e. The number of esters is 1. The van der Waals surface area contributed by atoms with Crippen molar-refractivity contribution in [2.24, 2.45) is 0 Å². The molecule has 7 nitrogen and oxygen atoms in total. The molecule has 0 radical (unpaired) electrons. The number of nitrogens with one attached hydrogen (secondary N) is 2. The quantitative estimate of drug-likeness (QED) is 0.844. The summed E-state index contributed by atoms with van der Waals surface area (Å²) in [6.45, 7) is 3.89. The number of methoxy groups -OCH3 is 1. The smallest absolute Gasteiger partial charge is 0.337 e. The summed E-state index contributed by atoms with van der Waals surface area (Å²) in [5.74, 6) is 0.238. The van der Waals surface area contributed by atoms with E-state index in [1.54, 1.807) is 44.3 Å². The number of hydrogen-bond donors (Lipinski definition) is 2. The van der Waals surface area contributed by atoms with Crippen molar-refractivity contribution in [1.82, 2.24) is 15.3 Å². The second-order valence-electron chi connectivity index (χ2n) is 4.92. The number of amides is 2. The Balaban J connectivity index is 1.96. The molecule has 2 N–H and O–H groups in total. The van der Waals surface area contributed by atoms with Crippen LogP contribution in [0, 0.1) is 13.8 Å². The Kier molecular flexibility index (Phi) is 5.24. The lowest BCUT2D eigenvalue weighted by molar-refractivity contribution is 0.0600. The van der Waals surface area contributed by atoms with E-state index in [9.17, 15) is 9.59 Å². The Morgan fingerprint density at radius 1 is 1.22 bits per heavy atom. The number of carbonyl (C=O) groups is 2. The van der Waals surface area contributed by atoms with Crippen LogP contribution in [0.5, 0.6) is 0 Å². The first kappa shape index (κ1) is 16.4. The number of carbonyl (C=O) groups excluding carboxylic acids is 2. The maximum atomic E-state index is 11.9.